The normalized spacial score (nSPS) is 26.2. The molecule has 0 aromatic heterocycles. The monoisotopic (exact) mass is 292 g/mol. The molecule has 2 heterocycles. The molecule has 0 aromatic carbocycles. The molecule has 1 amide bonds. The molecule has 0 unspecified atom stereocenters. The molecule has 1 fully saturated rings. The summed E-state index contributed by atoms with van der Waals surface area (Å²) in [4.78, 5) is 17.4. The van der Waals surface area contributed by atoms with Gasteiger partial charge in [0, 0.05) is 5.25 Å². The lowest BCUT2D eigenvalue weighted by molar-refractivity contribution is 0.131. The number of nitrogens with zero attached hydrogens (tertiary/aromatic N) is 2. The lowest BCUT2D eigenvalue weighted by Gasteiger charge is -2.18. The molecule has 0 spiro atoms. The molecule has 0 bridgehead atoms. The Morgan fingerprint density at radius 2 is 2.39 bits per heavy atom. The molecule has 18 heavy (non-hydrogen) atoms. The van der Waals surface area contributed by atoms with Crippen LogP contribution in [0.25, 0.3) is 0 Å². The average molecular weight is 292 g/mol. The third kappa shape index (κ3) is 3.17. The Morgan fingerprint density at radius 3 is 3.00 bits per heavy atom. The Hall–Kier alpha value is -0.760. The summed E-state index contributed by atoms with van der Waals surface area (Å²) in [6.45, 7) is 3.15. The van der Waals surface area contributed by atoms with Gasteiger partial charge < -0.3 is 4.74 Å². The van der Waals surface area contributed by atoms with E-state index in [9.17, 15) is 13.2 Å². The second-order valence-corrected chi connectivity index (χ2v) is 7.65. The van der Waals surface area contributed by atoms with Crippen LogP contribution in [0.1, 0.15) is 13.3 Å². The second kappa shape index (κ2) is 5.48. The minimum absolute atomic E-state index is 0.00350. The number of hydrogen-bond donors (Lipinski definition) is 0. The van der Waals surface area contributed by atoms with Gasteiger partial charge in [0.05, 0.1) is 31.2 Å². The van der Waals surface area contributed by atoms with Crippen molar-refractivity contribution in [3.63, 3.8) is 0 Å². The van der Waals surface area contributed by atoms with Gasteiger partial charge in [-0.05, 0) is 13.3 Å². The first-order chi connectivity index (χ1) is 8.52. The lowest BCUT2D eigenvalue weighted by atomic mass is 10.4. The summed E-state index contributed by atoms with van der Waals surface area (Å²) >= 11 is 1.38. The van der Waals surface area contributed by atoms with E-state index in [1.54, 1.807) is 6.92 Å². The third-order valence-electron chi connectivity index (χ3n) is 2.75. The summed E-state index contributed by atoms with van der Waals surface area (Å²) in [6.07, 6.45) is 0.227. The van der Waals surface area contributed by atoms with E-state index in [0.29, 0.717) is 31.3 Å². The van der Waals surface area contributed by atoms with Crippen molar-refractivity contribution in [1.82, 2.24) is 4.90 Å². The quantitative estimate of drug-likeness (QED) is 0.750. The molecule has 0 N–H and O–H groups in total. The molecular formula is C10H16N2O4S2. The van der Waals surface area contributed by atoms with Gasteiger partial charge in [0.2, 0.25) is 0 Å². The van der Waals surface area contributed by atoms with Gasteiger partial charge in [-0.3, -0.25) is 9.89 Å². The predicted octanol–water partition coefficient (Wildman–Crippen LogP) is 0.735. The second-order valence-electron chi connectivity index (χ2n) is 4.16. The van der Waals surface area contributed by atoms with Gasteiger partial charge in [0.25, 0.3) is 0 Å². The van der Waals surface area contributed by atoms with Crippen molar-refractivity contribution in [3.8, 4) is 0 Å². The summed E-state index contributed by atoms with van der Waals surface area (Å²) in [6, 6.07) is 0. The maximum absolute atomic E-state index is 11.6. The highest BCUT2D eigenvalue weighted by Crippen LogP contribution is 2.28. The van der Waals surface area contributed by atoms with Crippen molar-refractivity contribution in [2.45, 2.75) is 18.6 Å². The molecule has 6 nitrogen and oxygen atoms in total. The van der Waals surface area contributed by atoms with Crippen molar-refractivity contribution >= 4 is 32.9 Å². The summed E-state index contributed by atoms with van der Waals surface area (Å²) < 4.78 is 27.7. The first-order valence-corrected chi connectivity index (χ1v) is 8.58. The summed E-state index contributed by atoms with van der Waals surface area (Å²) in [5.74, 6) is 0.407. The largest absolute Gasteiger partial charge is 0.449 e. The van der Waals surface area contributed by atoms with E-state index in [-0.39, 0.29) is 16.8 Å². The van der Waals surface area contributed by atoms with E-state index in [4.69, 9.17) is 4.74 Å². The van der Waals surface area contributed by atoms with E-state index in [0.717, 1.165) is 0 Å². The molecule has 2 rings (SSSR count). The Morgan fingerprint density at radius 1 is 1.61 bits per heavy atom. The zero-order valence-corrected chi connectivity index (χ0v) is 11.8. The molecule has 2 aliphatic rings. The maximum Gasteiger partial charge on any atom is 0.415 e. The van der Waals surface area contributed by atoms with Crippen LogP contribution in [0.5, 0.6) is 0 Å². The first kappa shape index (κ1) is 13.7. The molecule has 0 radical (unpaired) electrons. The van der Waals surface area contributed by atoms with Crippen LogP contribution in [0, 0.1) is 0 Å². The topological polar surface area (TPSA) is 76.0 Å². The zero-order chi connectivity index (χ0) is 13.2. The van der Waals surface area contributed by atoms with Gasteiger partial charge in [0.15, 0.2) is 15.0 Å². The fraction of sp³-hybridized carbons (Fsp3) is 0.800. The van der Waals surface area contributed by atoms with Gasteiger partial charge in [-0.25, -0.2) is 13.2 Å². The number of rotatable bonds is 2. The number of amides is 1. The van der Waals surface area contributed by atoms with Crippen molar-refractivity contribution < 1.29 is 17.9 Å². The summed E-state index contributed by atoms with van der Waals surface area (Å²) in [7, 11) is -2.90. The van der Waals surface area contributed by atoms with Crippen LogP contribution in [0.4, 0.5) is 4.79 Å². The number of amidine groups is 1. The summed E-state index contributed by atoms with van der Waals surface area (Å²) in [5, 5.41) is 0.597. The van der Waals surface area contributed by atoms with E-state index >= 15 is 0 Å². The number of hydrogen-bond acceptors (Lipinski definition) is 6. The van der Waals surface area contributed by atoms with Crippen LogP contribution in [-0.4, -0.2) is 61.0 Å². The molecule has 102 valence electrons. The number of carbonyl (C=O) groups is 1. The van der Waals surface area contributed by atoms with Gasteiger partial charge in [-0.1, -0.05) is 11.8 Å². The van der Waals surface area contributed by atoms with Crippen molar-refractivity contribution in [2.24, 2.45) is 4.99 Å². The molecule has 8 heteroatoms. The smallest absolute Gasteiger partial charge is 0.415 e. The van der Waals surface area contributed by atoms with Crippen LogP contribution in [0.2, 0.25) is 0 Å². The average Bonchev–Trinajstić information content (AvgIpc) is 2.86. The zero-order valence-electron chi connectivity index (χ0n) is 10.2. The number of ether oxygens (including phenoxy) is 1. The summed E-state index contributed by atoms with van der Waals surface area (Å²) in [5.41, 5.74) is 0. The van der Waals surface area contributed by atoms with Gasteiger partial charge in [-0.15, -0.1) is 0 Å². The highest BCUT2D eigenvalue weighted by molar-refractivity contribution is 8.15. The molecule has 1 saturated heterocycles. The van der Waals surface area contributed by atoms with E-state index in [2.05, 4.69) is 4.99 Å². The number of sulfone groups is 1. The Labute approximate surface area is 111 Å². The number of carbonyl (C=O) groups excluding carboxylic acids is 1. The fourth-order valence-corrected chi connectivity index (χ4v) is 5.48. The Balaban J connectivity index is 1.95. The van der Waals surface area contributed by atoms with Crippen LogP contribution in [0.3, 0.4) is 0 Å². The maximum atomic E-state index is 11.6. The highest BCUT2D eigenvalue weighted by Gasteiger charge is 2.33. The highest BCUT2D eigenvalue weighted by atomic mass is 32.2. The number of aliphatic imine (C=N–C) groups is 1. The van der Waals surface area contributed by atoms with E-state index in [1.807, 2.05) is 0 Å². The lowest BCUT2D eigenvalue weighted by Crippen LogP contribution is -2.34. The van der Waals surface area contributed by atoms with Gasteiger partial charge >= 0.3 is 6.09 Å². The van der Waals surface area contributed by atoms with Gasteiger partial charge in [-0.2, -0.15) is 0 Å². The Kier molecular flexibility index (Phi) is 4.16. The van der Waals surface area contributed by atoms with Crippen LogP contribution >= 0.6 is 11.8 Å². The molecule has 0 aliphatic carbocycles. The van der Waals surface area contributed by atoms with Crippen LogP contribution in [0.15, 0.2) is 4.99 Å². The minimum atomic E-state index is -2.90. The molecule has 1 atom stereocenters. The Bertz CT molecular complexity index is 460. The van der Waals surface area contributed by atoms with Crippen molar-refractivity contribution in [1.29, 1.82) is 0 Å². The fourth-order valence-electron chi connectivity index (χ4n) is 1.90. The first-order valence-electron chi connectivity index (χ1n) is 5.87. The molecule has 2 aliphatic heterocycles. The van der Waals surface area contributed by atoms with Crippen LogP contribution < -0.4 is 0 Å². The van der Waals surface area contributed by atoms with E-state index in [1.165, 1.54) is 16.7 Å². The van der Waals surface area contributed by atoms with Crippen LogP contribution in [-0.2, 0) is 14.6 Å². The molecular weight excluding hydrogens is 276 g/mol. The van der Waals surface area contributed by atoms with E-state index < -0.39 is 15.9 Å². The SMILES string of the molecule is CCOC(=O)N1CCN=C1S[C@@H]1CCS(=O)(=O)C1. The van der Waals surface area contributed by atoms with Crippen molar-refractivity contribution in [2.75, 3.05) is 31.2 Å². The number of thioether (sulfide) groups is 1. The third-order valence-corrected chi connectivity index (χ3v) is 6.03. The molecule has 0 saturated carbocycles. The molecule has 0 aromatic rings. The standard InChI is InChI=1S/C10H16N2O4S2/c1-2-16-10(13)12-5-4-11-9(12)17-8-3-6-18(14,15)7-8/h8H,2-7H2,1H3/t8-/m1/s1. The predicted molar refractivity (Wildman–Crippen MR) is 70.7 cm³/mol. The minimum Gasteiger partial charge on any atom is -0.449 e. The van der Waals surface area contributed by atoms with Crippen molar-refractivity contribution in [3.05, 3.63) is 0 Å². The van der Waals surface area contributed by atoms with Gasteiger partial charge in [0.1, 0.15) is 0 Å².